The van der Waals surface area contributed by atoms with Gasteiger partial charge in [-0.3, -0.25) is 9.69 Å². The van der Waals surface area contributed by atoms with Crippen LogP contribution in [0.3, 0.4) is 0 Å². The highest BCUT2D eigenvalue weighted by atomic mass is 32.1. The molecule has 2 rings (SSSR count). The van der Waals surface area contributed by atoms with Gasteiger partial charge >= 0.3 is 5.97 Å². The van der Waals surface area contributed by atoms with Gasteiger partial charge in [0.15, 0.2) is 5.13 Å². The second kappa shape index (κ2) is 6.64. The summed E-state index contributed by atoms with van der Waals surface area (Å²) in [7, 11) is 0. The van der Waals surface area contributed by atoms with Gasteiger partial charge in [-0.1, -0.05) is 5.59 Å². The van der Waals surface area contributed by atoms with Gasteiger partial charge in [0.25, 0.3) is 0 Å². The lowest BCUT2D eigenvalue weighted by molar-refractivity contribution is -0.151. The predicted octanol–water partition coefficient (Wildman–Crippen LogP) is -0.423. The van der Waals surface area contributed by atoms with Crippen molar-refractivity contribution in [2.75, 3.05) is 37.6 Å². The summed E-state index contributed by atoms with van der Waals surface area (Å²) in [5.74, 6) is 4.56. The van der Waals surface area contributed by atoms with Crippen molar-refractivity contribution in [2.45, 2.75) is 6.42 Å². The monoisotopic (exact) mass is 271 g/mol. The van der Waals surface area contributed by atoms with E-state index in [4.69, 9.17) is 5.84 Å². The SMILES string of the molecule is NNOC(=O)CCN1CCN(c2nccs2)CC1. The second-order valence-corrected chi connectivity index (χ2v) is 4.86. The molecule has 1 aliphatic heterocycles. The van der Waals surface area contributed by atoms with E-state index >= 15 is 0 Å². The van der Waals surface area contributed by atoms with Crippen LogP contribution in [0, 0.1) is 0 Å². The summed E-state index contributed by atoms with van der Waals surface area (Å²) in [6.45, 7) is 4.45. The van der Waals surface area contributed by atoms with Crippen molar-refractivity contribution < 1.29 is 9.63 Å². The molecule has 3 N–H and O–H groups in total. The van der Waals surface area contributed by atoms with Gasteiger partial charge in [0.2, 0.25) is 0 Å². The maximum absolute atomic E-state index is 11.1. The number of aromatic nitrogens is 1. The average molecular weight is 271 g/mol. The molecular weight excluding hydrogens is 254 g/mol. The van der Waals surface area contributed by atoms with E-state index in [2.05, 4.69) is 19.6 Å². The molecule has 1 fully saturated rings. The van der Waals surface area contributed by atoms with E-state index in [1.54, 1.807) is 11.3 Å². The molecule has 0 spiro atoms. The highest BCUT2D eigenvalue weighted by Gasteiger charge is 2.19. The molecule has 8 heteroatoms. The van der Waals surface area contributed by atoms with E-state index in [0.29, 0.717) is 13.0 Å². The molecule has 100 valence electrons. The first-order valence-electron chi connectivity index (χ1n) is 5.81. The zero-order chi connectivity index (χ0) is 12.8. The lowest BCUT2D eigenvalue weighted by Crippen LogP contribution is -2.47. The zero-order valence-electron chi connectivity index (χ0n) is 10.0. The van der Waals surface area contributed by atoms with Crippen LogP contribution in [0.2, 0.25) is 0 Å². The molecular formula is C10H17N5O2S. The van der Waals surface area contributed by atoms with Gasteiger partial charge in [0, 0.05) is 44.3 Å². The highest BCUT2D eigenvalue weighted by molar-refractivity contribution is 7.13. The molecule has 1 saturated heterocycles. The molecule has 0 radical (unpaired) electrons. The van der Waals surface area contributed by atoms with Crippen LogP contribution in [-0.4, -0.2) is 48.6 Å². The highest BCUT2D eigenvalue weighted by Crippen LogP contribution is 2.18. The Kier molecular flexibility index (Phi) is 4.88. The van der Waals surface area contributed by atoms with Crippen LogP contribution in [0.25, 0.3) is 0 Å². The van der Waals surface area contributed by atoms with E-state index in [9.17, 15) is 4.79 Å². The Hall–Kier alpha value is -1.22. The molecule has 1 aromatic rings. The molecule has 0 bridgehead atoms. The molecule has 0 aliphatic carbocycles. The quantitative estimate of drug-likeness (QED) is 0.555. The Bertz CT molecular complexity index is 364. The normalized spacial score (nSPS) is 16.8. The number of hydrogen-bond donors (Lipinski definition) is 2. The van der Waals surface area contributed by atoms with Crippen molar-refractivity contribution in [3.8, 4) is 0 Å². The van der Waals surface area contributed by atoms with Crippen LogP contribution >= 0.6 is 11.3 Å². The van der Waals surface area contributed by atoms with E-state index in [-0.39, 0.29) is 5.97 Å². The summed E-state index contributed by atoms with van der Waals surface area (Å²) in [4.78, 5) is 24.4. The number of thiazole rings is 1. The van der Waals surface area contributed by atoms with Crippen LogP contribution in [0.1, 0.15) is 6.42 Å². The fourth-order valence-corrected chi connectivity index (χ4v) is 2.60. The third-order valence-corrected chi connectivity index (χ3v) is 3.70. The van der Waals surface area contributed by atoms with Crippen molar-refractivity contribution in [3.63, 3.8) is 0 Å². The standard InChI is InChI=1S/C10H17N5O2S/c11-13-17-9(16)1-3-14-4-6-15(7-5-14)10-12-2-8-18-10/h2,8,13H,1,3-7,11H2. The first-order chi connectivity index (χ1) is 8.79. The third-order valence-electron chi connectivity index (χ3n) is 2.87. The van der Waals surface area contributed by atoms with Crippen molar-refractivity contribution in [1.82, 2.24) is 15.5 Å². The maximum Gasteiger partial charge on any atom is 0.327 e. The van der Waals surface area contributed by atoms with Gasteiger partial charge in [-0.05, 0) is 0 Å². The molecule has 0 aromatic carbocycles. The fourth-order valence-electron chi connectivity index (χ4n) is 1.90. The van der Waals surface area contributed by atoms with Crippen molar-refractivity contribution >= 4 is 22.4 Å². The van der Waals surface area contributed by atoms with Crippen LogP contribution in [0.4, 0.5) is 5.13 Å². The van der Waals surface area contributed by atoms with Crippen LogP contribution < -0.4 is 16.3 Å². The number of nitrogens with two attached hydrogens (primary N) is 1. The molecule has 1 aliphatic rings. The molecule has 0 atom stereocenters. The Morgan fingerprint density at radius 1 is 1.50 bits per heavy atom. The van der Waals surface area contributed by atoms with E-state index in [1.165, 1.54) is 0 Å². The number of anilines is 1. The number of nitrogens with zero attached hydrogens (tertiary/aromatic N) is 3. The second-order valence-electron chi connectivity index (χ2n) is 3.99. The summed E-state index contributed by atoms with van der Waals surface area (Å²) in [5, 5.41) is 3.05. The number of rotatable bonds is 5. The van der Waals surface area contributed by atoms with Gasteiger partial charge in [-0.25, -0.2) is 10.8 Å². The van der Waals surface area contributed by atoms with Crippen LogP contribution in [-0.2, 0) is 9.63 Å². The average Bonchev–Trinajstić information content (AvgIpc) is 2.91. The molecule has 0 saturated carbocycles. The van der Waals surface area contributed by atoms with Crippen molar-refractivity contribution in [1.29, 1.82) is 0 Å². The first-order valence-corrected chi connectivity index (χ1v) is 6.69. The Morgan fingerprint density at radius 3 is 2.89 bits per heavy atom. The molecule has 18 heavy (non-hydrogen) atoms. The lowest BCUT2D eigenvalue weighted by atomic mass is 10.3. The van der Waals surface area contributed by atoms with Crippen molar-refractivity contribution in [3.05, 3.63) is 11.6 Å². The molecule has 0 unspecified atom stereocenters. The minimum absolute atomic E-state index is 0.333. The smallest absolute Gasteiger partial charge is 0.327 e. The number of carbonyl (C=O) groups excluding carboxylic acids is 1. The largest absolute Gasteiger partial charge is 0.356 e. The van der Waals surface area contributed by atoms with E-state index in [1.807, 2.05) is 17.2 Å². The van der Waals surface area contributed by atoms with E-state index < -0.39 is 0 Å². The summed E-state index contributed by atoms with van der Waals surface area (Å²) in [6.07, 6.45) is 2.17. The minimum Gasteiger partial charge on any atom is -0.356 e. The predicted molar refractivity (Wildman–Crippen MR) is 68.8 cm³/mol. The maximum atomic E-state index is 11.1. The lowest BCUT2D eigenvalue weighted by Gasteiger charge is -2.34. The molecule has 2 heterocycles. The fraction of sp³-hybridized carbons (Fsp3) is 0.600. The summed E-state index contributed by atoms with van der Waals surface area (Å²) >= 11 is 1.66. The Labute approximate surface area is 109 Å². The minimum atomic E-state index is -0.333. The number of nitrogens with one attached hydrogen (secondary N) is 1. The zero-order valence-corrected chi connectivity index (χ0v) is 10.9. The Balaban J connectivity index is 1.69. The molecule has 1 aromatic heterocycles. The number of carbonyl (C=O) groups is 1. The van der Waals surface area contributed by atoms with Gasteiger partial charge in [0.1, 0.15) is 0 Å². The van der Waals surface area contributed by atoms with Gasteiger partial charge in [0.05, 0.1) is 6.42 Å². The van der Waals surface area contributed by atoms with Gasteiger partial charge < -0.3 is 9.74 Å². The summed E-state index contributed by atoms with van der Waals surface area (Å²) < 4.78 is 0. The van der Waals surface area contributed by atoms with E-state index in [0.717, 1.165) is 31.3 Å². The Morgan fingerprint density at radius 2 is 2.28 bits per heavy atom. The van der Waals surface area contributed by atoms with Gasteiger partial charge in [-0.15, -0.1) is 11.3 Å². The van der Waals surface area contributed by atoms with Crippen LogP contribution in [0.5, 0.6) is 0 Å². The topological polar surface area (TPSA) is 83.7 Å². The van der Waals surface area contributed by atoms with Crippen LogP contribution in [0.15, 0.2) is 11.6 Å². The number of piperazine rings is 1. The van der Waals surface area contributed by atoms with Gasteiger partial charge in [-0.2, -0.15) is 0 Å². The first kappa shape index (κ1) is 13.2. The molecule has 7 nitrogen and oxygen atoms in total. The number of hydrogen-bond acceptors (Lipinski definition) is 8. The summed E-state index contributed by atoms with van der Waals surface area (Å²) in [6, 6.07) is 0. The molecule has 0 amide bonds. The third kappa shape index (κ3) is 3.64. The van der Waals surface area contributed by atoms with Crippen molar-refractivity contribution in [2.24, 2.45) is 5.84 Å². The number of hydrazine groups is 1. The summed E-state index contributed by atoms with van der Waals surface area (Å²) in [5.41, 5.74) is 1.90.